The predicted molar refractivity (Wildman–Crippen MR) is 197 cm³/mol. The Morgan fingerprint density at radius 1 is 0.923 bits per heavy atom. The second-order valence-electron chi connectivity index (χ2n) is 13.5. The number of rotatable bonds is 18. The lowest BCUT2D eigenvalue weighted by Gasteiger charge is -2.30. The fourth-order valence-corrected chi connectivity index (χ4v) is 8.24. The highest BCUT2D eigenvalue weighted by atomic mass is 32.2. The Kier molecular flexibility index (Phi) is 12.2. The van der Waals surface area contributed by atoms with Crippen LogP contribution >= 0.6 is 24.7 Å². The number of fused-ring (bicyclic) bond motifs is 2. The van der Waals surface area contributed by atoms with Crippen molar-refractivity contribution in [3.63, 3.8) is 0 Å². The SMILES string of the molecule is CC1(CCCCCC(=O)O)C(C=C2C(=O)C(C=C3Nc4ccc(S(=O)(=O)O)cc4C3(C)CCCCCC(=O)O)=C2S)=Nc2ccc(SOOO)cc21. The Bertz CT molecular complexity index is 2020. The lowest BCUT2D eigenvalue weighted by atomic mass is 9.73. The van der Waals surface area contributed by atoms with Crippen LogP contribution in [0.25, 0.3) is 0 Å². The minimum absolute atomic E-state index is 0.0357. The van der Waals surface area contributed by atoms with E-state index in [0.29, 0.717) is 101 Å². The number of nitrogens with zero attached hydrogens (tertiary/aromatic N) is 1. The van der Waals surface area contributed by atoms with Gasteiger partial charge in [-0.2, -0.15) is 8.42 Å². The van der Waals surface area contributed by atoms with Gasteiger partial charge in [-0.1, -0.05) is 30.7 Å². The summed E-state index contributed by atoms with van der Waals surface area (Å²) in [5, 5.41) is 33.8. The smallest absolute Gasteiger partial charge is 0.303 e. The number of carboxylic acids is 2. The van der Waals surface area contributed by atoms with Gasteiger partial charge in [0.05, 0.1) is 28.3 Å². The number of thiol groups is 1. The maximum Gasteiger partial charge on any atom is 0.303 e. The third kappa shape index (κ3) is 8.38. The first-order valence-electron chi connectivity index (χ1n) is 16.7. The summed E-state index contributed by atoms with van der Waals surface area (Å²) < 4.78 is 38.4. The van der Waals surface area contributed by atoms with E-state index >= 15 is 0 Å². The van der Waals surface area contributed by atoms with Gasteiger partial charge < -0.3 is 15.5 Å². The molecule has 2 heterocycles. The monoisotopic (exact) mass is 772 g/mol. The lowest BCUT2D eigenvalue weighted by Crippen LogP contribution is -2.30. The third-order valence-electron chi connectivity index (χ3n) is 9.98. The average molecular weight is 773 g/mol. The number of hydrogen-bond donors (Lipinski definition) is 6. The van der Waals surface area contributed by atoms with Crippen molar-refractivity contribution >= 4 is 69.6 Å². The molecule has 0 fully saturated rings. The number of Topliss-reactive ketones (excluding diaryl/α,β-unsaturated/α-hetero) is 1. The number of carbonyl (C=O) groups is 3. The van der Waals surface area contributed by atoms with Crippen molar-refractivity contribution in [2.45, 2.75) is 98.7 Å². The van der Waals surface area contributed by atoms with E-state index in [1.165, 1.54) is 12.1 Å². The zero-order chi connectivity index (χ0) is 37.8. The molecule has 278 valence electrons. The number of hydrogen-bond acceptors (Lipinski definition) is 12. The molecule has 0 saturated carbocycles. The van der Waals surface area contributed by atoms with Gasteiger partial charge in [0.2, 0.25) is 0 Å². The Hall–Kier alpha value is -3.77. The highest BCUT2D eigenvalue weighted by Crippen LogP contribution is 2.50. The van der Waals surface area contributed by atoms with Crippen LogP contribution in [-0.4, -0.2) is 51.9 Å². The maximum atomic E-state index is 13.8. The van der Waals surface area contributed by atoms with Crippen LogP contribution in [0.15, 0.2) is 85.1 Å². The first-order valence-corrected chi connectivity index (χ1v) is 19.3. The van der Waals surface area contributed by atoms with E-state index in [-0.39, 0.29) is 23.5 Å². The summed E-state index contributed by atoms with van der Waals surface area (Å²) in [7, 11) is -4.49. The van der Waals surface area contributed by atoms with Crippen LogP contribution in [0.5, 0.6) is 0 Å². The lowest BCUT2D eigenvalue weighted by molar-refractivity contribution is -0.432. The van der Waals surface area contributed by atoms with Gasteiger partial charge in [0, 0.05) is 56.0 Å². The number of allylic oxidation sites excluding steroid dienone is 5. The number of carbonyl (C=O) groups excluding carboxylic acids is 1. The molecule has 1 aliphatic carbocycles. The molecule has 0 spiro atoms. The number of unbranched alkanes of at least 4 members (excludes halogenated alkanes) is 4. The number of benzene rings is 2. The van der Waals surface area contributed by atoms with Crippen LogP contribution in [0.3, 0.4) is 0 Å². The van der Waals surface area contributed by atoms with E-state index in [1.54, 1.807) is 24.3 Å². The van der Waals surface area contributed by atoms with E-state index in [2.05, 4.69) is 14.7 Å². The minimum Gasteiger partial charge on any atom is -0.481 e. The van der Waals surface area contributed by atoms with Gasteiger partial charge in [-0.15, -0.1) is 17.0 Å². The molecule has 52 heavy (non-hydrogen) atoms. The molecular weight excluding hydrogens is 733 g/mol. The average Bonchev–Trinajstić information content (AvgIpc) is 3.52. The molecule has 5 rings (SSSR count). The Morgan fingerprint density at radius 3 is 2.17 bits per heavy atom. The number of nitrogens with one attached hydrogen (secondary N) is 1. The molecule has 0 aromatic heterocycles. The molecule has 0 bridgehead atoms. The van der Waals surface area contributed by atoms with Crippen molar-refractivity contribution in [1.82, 2.24) is 0 Å². The molecule has 3 aliphatic rings. The molecule has 16 heteroatoms. The summed E-state index contributed by atoms with van der Waals surface area (Å²) in [5.74, 6) is -1.99. The molecule has 0 saturated heterocycles. The van der Waals surface area contributed by atoms with Crippen molar-refractivity contribution < 1.29 is 52.2 Å². The first kappa shape index (κ1) is 39.4. The maximum absolute atomic E-state index is 13.8. The molecule has 2 aromatic carbocycles. The van der Waals surface area contributed by atoms with Crippen molar-refractivity contribution in [2.24, 2.45) is 4.99 Å². The Balaban J connectivity index is 1.46. The first-order chi connectivity index (χ1) is 24.6. The van der Waals surface area contributed by atoms with Gasteiger partial charge in [0.1, 0.15) is 0 Å². The Labute approximate surface area is 311 Å². The third-order valence-corrected chi connectivity index (χ3v) is 11.9. The fraction of sp³-hybridized carbons (Fsp3) is 0.389. The molecule has 0 radical (unpaired) electrons. The van der Waals surface area contributed by atoms with Gasteiger partial charge in [0.15, 0.2) is 5.78 Å². The van der Waals surface area contributed by atoms with E-state index in [0.717, 1.165) is 17.6 Å². The van der Waals surface area contributed by atoms with Crippen LogP contribution in [0, 0.1) is 0 Å². The zero-order valence-corrected chi connectivity index (χ0v) is 31.1. The molecule has 0 amide bonds. The van der Waals surface area contributed by atoms with Gasteiger partial charge in [0.25, 0.3) is 10.1 Å². The summed E-state index contributed by atoms with van der Waals surface area (Å²) >= 11 is 5.56. The second-order valence-corrected chi connectivity index (χ2v) is 16.1. The van der Waals surface area contributed by atoms with Crippen LogP contribution < -0.4 is 5.32 Å². The molecule has 2 atom stereocenters. The molecule has 2 unspecified atom stereocenters. The molecule has 2 aromatic rings. The van der Waals surface area contributed by atoms with Crippen LogP contribution in [0.4, 0.5) is 11.4 Å². The van der Waals surface area contributed by atoms with Gasteiger partial charge in [-0.3, -0.25) is 23.9 Å². The van der Waals surface area contributed by atoms with Crippen molar-refractivity contribution in [1.29, 1.82) is 0 Å². The van der Waals surface area contributed by atoms with E-state index in [4.69, 9.17) is 33.1 Å². The highest BCUT2D eigenvalue weighted by molar-refractivity contribution is 7.94. The zero-order valence-electron chi connectivity index (χ0n) is 28.5. The topological polar surface area (TPSA) is 209 Å². The largest absolute Gasteiger partial charge is 0.481 e. The highest BCUT2D eigenvalue weighted by Gasteiger charge is 2.43. The molecule has 5 N–H and O–H groups in total. The van der Waals surface area contributed by atoms with Crippen molar-refractivity contribution in [3.8, 4) is 0 Å². The van der Waals surface area contributed by atoms with E-state index < -0.39 is 32.9 Å². The summed E-state index contributed by atoms with van der Waals surface area (Å²) in [4.78, 5) is 41.6. The van der Waals surface area contributed by atoms with Crippen LogP contribution in [0.1, 0.15) is 89.2 Å². The second kappa shape index (κ2) is 16.1. The van der Waals surface area contributed by atoms with Crippen LogP contribution in [0.2, 0.25) is 0 Å². The molecule has 2 aliphatic heterocycles. The fourth-order valence-electron chi connectivity index (χ4n) is 7.00. The number of carboxylic acid groups (broad SMARTS) is 2. The summed E-state index contributed by atoms with van der Waals surface area (Å²) in [6.07, 6.45) is 8.33. The van der Waals surface area contributed by atoms with Gasteiger partial charge >= 0.3 is 11.9 Å². The summed E-state index contributed by atoms with van der Waals surface area (Å²) in [5.41, 5.74) is 3.37. The minimum atomic E-state index is -4.49. The van der Waals surface area contributed by atoms with Gasteiger partial charge in [-0.05, 0) is 99.2 Å². The van der Waals surface area contributed by atoms with Crippen LogP contribution in [-0.2, 0) is 44.7 Å². The number of anilines is 1. The predicted octanol–water partition coefficient (Wildman–Crippen LogP) is 7.74. The van der Waals surface area contributed by atoms with Crippen molar-refractivity contribution in [3.05, 3.63) is 81.4 Å². The van der Waals surface area contributed by atoms with E-state index in [1.807, 2.05) is 26.0 Å². The Morgan fingerprint density at radius 2 is 1.58 bits per heavy atom. The summed E-state index contributed by atoms with van der Waals surface area (Å²) in [6.45, 7) is 3.93. The molecular formula is C36H40N2O11S3. The van der Waals surface area contributed by atoms with E-state index in [9.17, 15) is 27.4 Å². The number of aliphatic carboxylic acids is 2. The van der Waals surface area contributed by atoms with Gasteiger partial charge in [-0.25, -0.2) is 5.26 Å². The number of aliphatic imine (C=N–C) groups is 1. The van der Waals surface area contributed by atoms with Crippen molar-refractivity contribution in [2.75, 3.05) is 5.32 Å². The summed E-state index contributed by atoms with van der Waals surface area (Å²) in [6, 6.07) is 9.73. The standard InChI is InChI=1S/C36H40N2O11S3/c1-35(15-7-3-5-9-31(39)40)25-17-21(51-49-48-44)11-13-27(25)37-29(35)19-23-33(43)24(34(23)50)20-30-36(2,16-8-4-6-10-32(41)42)26-18-22(52(45,46)47)12-14-28(26)38-30/h11-14,17-20,38,44,50H,3-10,15-16H2,1-2H3,(H,39,40)(H,41,42)(H,45,46,47). The normalized spacial score (nSPS) is 22.3. The number of ketones is 1. The quantitative estimate of drug-likeness (QED) is 0.0163. The molecule has 13 nitrogen and oxygen atoms in total.